The van der Waals surface area contributed by atoms with Gasteiger partial charge in [0.15, 0.2) is 0 Å². The van der Waals surface area contributed by atoms with Crippen molar-refractivity contribution in [3.05, 3.63) is 30.3 Å². The third kappa shape index (κ3) is 5.13. The summed E-state index contributed by atoms with van der Waals surface area (Å²) in [6, 6.07) is 9.78. The lowest BCUT2D eigenvalue weighted by Gasteiger charge is -2.08. The van der Waals surface area contributed by atoms with E-state index in [1.807, 2.05) is 37.3 Å². The van der Waals surface area contributed by atoms with E-state index in [4.69, 9.17) is 19.9 Å². The molecule has 1 aromatic heterocycles. The smallest absolute Gasteiger partial charge is 0.324 e. The molecule has 0 saturated carbocycles. The van der Waals surface area contributed by atoms with Gasteiger partial charge in [-0.3, -0.25) is 0 Å². The van der Waals surface area contributed by atoms with Crippen LogP contribution in [0.2, 0.25) is 0 Å². The van der Waals surface area contributed by atoms with Crippen LogP contribution in [0.5, 0.6) is 17.8 Å². The number of nitrogens with zero attached hydrogens (tertiary/aromatic N) is 3. The second kappa shape index (κ2) is 7.88. The van der Waals surface area contributed by atoms with E-state index in [1.54, 1.807) is 0 Å². The van der Waals surface area contributed by atoms with E-state index in [0.29, 0.717) is 19.8 Å². The van der Waals surface area contributed by atoms with Gasteiger partial charge in [0.05, 0.1) is 6.61 Å². The topological polar surface area (TPSA) is 92.4 Å². The molecule has 21 heavy (non-hydrogen) atoms. The highest BCUT2D eigenvalue weighted by Gasteiger charge is 2.06. The molecule has 7 heteroatoms. The molecule has 0 aliphatic rings. The van der Waals surface area contributed by atoms with E-state index in [9.17, 15) is 0 Å². The van der Waals surface area contributed by atoms with E-state index in [0.717, 1.165) is 12.2 Å². The van der Waals surface area contributed by atoms with Crippen LogP contribution in [0, 0.1) is 0 Å². The molecule has 7 nitrogen and oxygen atoms in total. The fraction of sp³-hybridized carbons (Fsp3) is 0.357. The van der Waals surface area contributed by atoms with Crippen LogP contribution in [0.3, 0.4) is 0 Å². The molecule has 0 atom stereocenters. The highest BCUT2D eigenvalue weighted by Crippen LogP contribution is 2.11. The van der Waals surface area contributed by atoms with Gasteiger partial charge in [-0.1, -0.05) is 25.1 Å². The Morgan fingerprint density at radius 3 is 2.14 bits per heavy atom. The van der Waals surface area contributed by atoms with Gasteiger partial charge in [0.1, 0.15) is 19.0 Å². The van der Waals surface area contributed by atoms with Gasteiger partial charge in [0.25, 0.3) is 0 Å². The second-order valence-electron chi connectivity index (χ2n) is 4.12. The number of ether oxygens (including phenoxy) is 3. The molecule has 2 rings (SSSR count). The third-order valence-corrected chi connectivity index (χ3v) is 2.37. The van der Waals surface area contributed by atoms with Crippen LogP contribution in [0.1, 0.15) is 13.3 Å². The lowest BCUT2D eigenvalue weighted by molar-refractivity contribution is 0.201. The molecular weight excluding hydrogens is 272 g/mol. The number of nitrogen functional groups attached to an aromatic ring is 1. The van der Waals surface area contributed by atoms with E-state index in [-0.39, 0.29) is 18.0 Å². The summed E-state index contributed by atoms with van der Waals surface area (Å²) in [5.41, 5.74) is 5.57. The Balaban J connectivity index is 1.81. The Morgan fingerprint density at radius 2 is 1.48 bits per heavy atom. The van der Waals surface area contributed by atoms with Crippen molar-refractivity contribution < 1.29 is 14.2 Å². The molecular formula is C14H18N4O3. The number of rotatable bonds is 8. The Morgan fingerprint density at radius 1 is 0.857 bits per heavy atom. The number of hydrogen-bond donors (Lipinski definition) is 1. The van der Waals surface area contributed by atoms with Crippen molar-refractivity contribution in [2.45, 2.75) is 13.3 Å². The quantitative estimate of drug-likeness (QED) is 0.739. The molecule has 112 valence electrons. The molecule has 0 aliphatic heterocycles. The monoisotopic (exact) mass is 290 g/mol. The van der Waals surface area contributed by atoms with Crippen LogP contribution in [0.4, 0.5) is 5.95 Å². The minimum Gasteiger partial charge on any atom is -0.490 e. The number of benzene rings is 1. The van der Waals surface area contributed by atoms with E-state index in [1.165, 1.54) is 0 Å². The molecule has 0 amide bonds. The Bertz CT molecular complexity index is 551. The predicted octanol–water partition coefficient (Wildman–Crippen LogP) is 1.70. The Kier molecular flexibility index (Phi) is 5.57. The Hall–Kier alpha value is -2.57. The summed E-state index contributed by atoms with van der Waals surface area (Å²) >= 11 is 0. The summed E-state index contributed by atoms with van der Waals surface area (Å²) in [7, 11) is 0. The summed E-state index contributed by atoms with van der Waals surface area (Å²) < 4.78 is 16.2. The van der Waals surface area contributed by atoms with Crippen molar-refractivity contribution in [2.75, 3.05) is 25.6 Å². The summed E-state index contributed by atoms with van der Waals surface area (Å²) in [5.74, 6) is 0.846. The number of aromatic nitrogens is 3. The molecule has 2 N–H and O–H groups in total. The largest absolute Gasteiger partial charge is 0.490 e. The first-order chi connectivity index (χ1) is 10.3. The fourth-order valence-corrected chi connectivity index (χ4v) is 1.48. The average Bonchev–Trinajstić information content (AvgIpc) is 2.50. The Labute approximate surface area is 123 Å². The van der Waals surface area contributed by atoms with Crippen molar-refractivity contribution >= 4 is 5.95 Å². The standard InChI is InChI=1S/C14H18N4O3/c1-2-8-20-13-16-12(15)17-14(18-13)21-10-9-19-11-6-4-3-5-7-11/h3-7H,2,8-10H2,1H3,(H2,15,16,17,18). The predicted molar refractivity (Wildman–Crippen MR) is 77.5 cm³/mol. The molecule has 0 radical (unpaired) electrons. The molecule has 0 aliphatic carbocycles. The maximum Gasteiger partial charge on any atom is 0.324 e. The van der Waals surface area contributed by atoms with Crippen LogP contribution in [-0.4, -0.2) is 34.8 Å². The highest BCUT2D eigenvalue weighted by molar-refractivity contribution is 5.21. The first-order valence-electron chi connectivity index (χ1n) is 6.73. The fourth-order valence-electron chi connectivity index (χ4n) is 1.48. The van der Waals surface area contributed by atoms with Gasteiger partial charge < -0.3 is 19.9 Å². The number of hydrogen-bond acceptors (Lipinski definition) is 7. The molecule has 0 spiro atoms. The SMILES string of the molecule is CCCOc1nc(N)nc(OCCOc2ccccc2)n1. The van der Waals surface area contributed by atoms with Crippen LogP contribution in [-0.2, 0) is 0 Å². The van der Waals surface area contributed by atoms with Gasteiger partial charge >= 0.3 is 12.0 Å². The van der Waals surface area contributed by atoms with Crippen LogP contribution in [0.25, 0.3) is 0 Å². The molecule has 0 fully saturated rings. The van der Waals surface area contributed by atoms with Crippen LogP contribution in [0.15, 0.2) is 30.3 Å². The molecule has 0 unspecified atom stereocenters. The maximum absolute atomic E-state index is 5.57. The van der Waals surface area contributed by atoms with Crippen molar-refractivity contribution in [2.24, 2.45) is 0 Å². The molecule has 1 aromatic carbocycles. The van der Waals surface area contributed by atoms with Crippen molar-refractivity contribution in [1.82, 2.24) is 15.0 Å². The third-order valence-electron chi connectivity index (χ3n) is 2.37. The zero-order valence-corrected chi connectivity index (χ0v) is 11.9. The van der Waals surface area contributed by atoms with E-state index >= 15 is 0 Å². The number of nitrogens with two attached hydrogens (primary N) is 1. The lowest BCUT2D eigenvalue weighted by Crippen LogP contribution is -2.12. The first kappa shape index (κ1) is 14.8. The summed E-state index contributed by atoms with van der Waals surface area (Å²) in [4.78, 5) is 11.8. The van der Waals surface area contributed by atoms with Gasteiger partial charge in [0.2, 0.25) is 5.95 Å². The van der Waals surface area contributed by atoms with Gasteiger partial charge in [-0.25, -0.2) is 0 Å². The van der Waals surface area contributed by atoms with Crippen LogP contribution < -0.4 is 19.9 Å². The zero-order valence-electron chi connectivity index (χ0n) is 11.9. The summed E-state index contributed by atoms with van der Waals surface area (Å²) in [6.07, 6.45) is 0.854. The van der Waals surface area contributed by atoms with Gasteiger partial charge in [-0.05, 0) is 18.6 Å². The van der Waals surface area contributed by atoms with Crippen LogP contribution >= 0.6 is 0 Å². The normalized spacial score (nSPS) is 10.1. The van der Waals surface area contributed by atoms with Gasteiger partial charge in [0, 0.05) is 0 Å². The highest BCUT2D eigenvalue weighted by atomic mass is 16.5. The van der Waals surface area contributed by atoms with Crippen molar-refractivity contribution in [1.29, 1.82) is 0 Å². The second-order valence-corrected chi connectivity index (χ2v) is 4.12. The first-order valence-corrected chi connectivity index (χ1v) is 6.73. The molecule has 0 saturated heterocycles. The molecule has 2 aromatic rings. The van der Waals surface area contributed by atoms with E-state index in [2.05, 4.69) is 15.0 Å². The van der Waals surface area contributed by atoms with Gasteiger partial charge in [-0.15, -0.1) is 4.98 Å². The average molecular weight is 290 g/mol. The summed E-state index contributed by atoms with van der Waals surface area (Å²) in [5, 5.41) is 0. The van der Waals surface area contributed by atoms with Crippen molar-refractivity contribution in [3.8, 4) is 17.8 Å². The zero-order chi connectivity index (χ0) is 14.9. The van der Waals surface area contributed by atoms with E-state index < -0.39 is 0 Å². The maximum atomic E-state index is 5.57. The number of para-hydroxylation sites is 1. The number of anilines is 1. The summed E-state index contributed by atoms with van der Waals surface area (Å²) in [6.45, 7) is 3.18. The minimum absolute atomic E-state index is 0.0649. The minimum atomic E-state index is 0.0649. The van der Waals surface area contributed by atoms with Crippen molar-refractivity contribution in [3.63, 3.8) is 0 Å². The molecule has 0 bridgehead atoms. The lowest BCUT2D eigenvalue weighted by atomic mass is 10.3. The molecule has 1 heterocycles. The van der Waals surface area contributed by atoms with Gasteiger partial charge in [-0.2, -0.15) is 9.97 Å².